The predicted octanol–water partition coefficient (Wildman–Crippen LogP) is 2.94. The van der Waals surface area contributed by atoms with E-state index >= 15 is 0 Å². The number of cyclic esters (lactones) is 2. The summed E-state index contributed by atoms with van der Waals surface area (Å²) in [6.07, 6.45) is 2.15. The molecule has 6 aliphatic rings. The first-order valence-electron chi connectivity index (χ1n) is 12.2. The molecule has 5 fully saturated rings. The molecule has 5 heterocycles. The number of aliphatic hydroxyl groups excluding tert-OH is 1. The van der Waals surface area contributed by atoms with Crippen molar-refractivity contribution >= 4 is 17.7 Å². The van der Waals surface area contributed by atoms with E-state index < -0.39 is 57.5 Å². The molecule has 4 aliphatic heterocycles. The van der Waals surface area contributed by atoms with Gasteiger partial charge in [-0.15, -0.1) is 0 Å². The molecule has 1 N–H and O–H groups in total. The van der Waals surface area contributed by atoms with Crippen molar-refractivity contribution in [3.05, 3.63) is 35.5 Å². The summed E-state index contributed by atoms with van der Waals surface area (Å²) in [7, 11) is 0. The van der Waals surface area contributed by atoms with Crippen molar-refractivity contribution in [1.82, 2.24) is 0 Å². The molecule has 2 aliphatic carbocycles. The molecule has 4 saturated heterocycles. The Morgan fingerprint density at radius 2 is 1.83 bits per heavy atom. The second-order valence-electron chi connectivity index (χ2n) is 11.9. The van der Waals surface area contributed by atoms with E-state index in [9.17, 15) is 19.5 Å². The van der Waals surface area contributed by atoms with Gasteiger partial charge in [0.2, 0.25) is 5.78 Å². The zero-order valence-corrected chi connectivity index (χ0v) is 20.1. The second kappa shape index (κ2) is 6.00. The van der Waals surface area contributed by atoms with Crippen LogP contribution in [-0.4, -0.2) is 52.8 Å². The Balaban J connectivity index is 1.47. The monoisotopic (exact) mass is 484 g/mol. The fraction of sp³-hybridized carbons (Fsp3) is 0.654. The Bertz CT molecular complexity index is 1230. The molecular weight excluding hydrogens is 456 g/mol. The molecule has 186 valence electrons. The summed E-state index contributed by atoms with van der Waals surface area (Å²) >= 11 is 0. The molecule has 35 heavy (non-hydrogen) atoms. The highest BCUT2D eigenvalue weighted by molar-refractivity contribution is 6.03. The van der Waals surface area contributed by atoms with Gasteiger partial charge in [0.15, 0.2) is 11.9 Å². The molecule has 9 heteroatoms. The van der Waals surface area contributed by atoms with E-state index in [0.717, 1.165) is 0 Å². The van der Waals surface area contributed by atoms with Gasteiger partial charge in [-0.05, 0) is 45.6 Å². The van der Waals surface area contributed by atoms with Crippen LogP contribution in [0.3, 0.4) is 0 Å². The Kier molecular flexibility index (Phi) is 3.71. The van der Waals surface area contributed by atoms with Crippen molar-refractivity contribution in [2.24, 2.45) is 22.2 Å². The van der Waals surface area contributed by atoms with Gasteiger partial charge in [0.1, 0.15) is 18.3 Å². The number of Topliss-reactive ketones (excluding diaryl/α,β-unsaturated/α-hetero) is 1. The average molecular weight is 485 g/mol. The Hall–Kier alpha value is -2.65. The van der Waals surface area contributed by atoms with Crippen LogP contribution in [0.2, 0.25) is 0 Å². The zero-order chi connectivity index (χ0) is 24.8. The molecule has 1 aromatic heterocycles. The zero-order valence-electron chi connectivity index (χ0n) is 20.1. The van der Waals surface area contributed by atoms with E-state index in [4.69, 9.17) is 23.4 Å². The van der Waals surface area contributed by atoms with E-state index in [2.05, 4.69) is 0 Å². The third kappa shape index (κ3) is 2.07. The number of furan rings is 1. The molecule has 0 unspecified atom stereocenters. The number of carbonyl (C=O) groups excluding carboxylic acids is 3. The third-order valence-electron chi connectivity index (χ3n) is 10.2. The molecule has 2 spiro atoms. The first-order valence-corrected chi connectivity index (χ1v) is 12.2. The number of rotatable bonds is 1. The van der Waals surface area contributed by atoms with Gasteiger partial charge in [0.25, 0.3) is 0 Å². The van der Waals surface area contributed by atoms with Crippen LogP contribution in [0.5, 0.6) is 0 Å². The van der Waals surface area contributed by atoms with Crippen LogP contribution in [0.1, 0.15) is 58.6 Å². The smallest absolute Gasteiger partial charge is 0.339 e. The lowest BCUT2D eigenvalue weighted by molar-refractivity contribution is -0.212. The summed E-state index contributed by atoms with van der Waals surface area (Å²) in [6, 6.07) is 1.76. The molecule has 7 rings (SSSR count). The van der Waals surface area contributed by atoms with E-state index in [1.54, 1.807) is 12.3 Å². The van der Waals surface area contributed by atoms with Gasteiger partial charge in [0, 0.05) is 16.6 Å². The highest BCUT2D eigenvalue weighted by Crippen LogP contribution is 2.79. The molecule has 9 nitrogen and oxygen atoms in total. The summed E-state index contributed by atoms with van der Waals surface area (Å²) < 4.78 is 29.4. The first kappa shape index (κ1) is 21.6. The Morgan fingerprint density at radius 3 is 2.54 bits per heavy atom. The number of aliphatic hydroxyl groups is 1. The van der Waals surface area contributed by atoms with Crippen molar-refractivity contribution in [1.29, 1.82) is 0 Å². The fourth-order valence-corrected chi connectivity index (χ4v) is 8.96. The highest BCUT2D eigenvalue weighted by Gasteiger charge is 2.90. The van der Waals surface area contributed by atoms with Crippen LogP contribution < -0.4 is 0 Å². The van der Waals surface area contributed by atoms with Gasteiger partial charge in [-0.25, -0.2) is 4.79 Å². The maximum Gasteiger partial charge on any atom is 0.339 e. The van der Waals surface area contributed by atoms with Crippen LogP contribution in [-0.2, 0) is 33.3 Å². The quantitative estimate of drug-likeness (QED) is 0.473. The molecule has 0 aromatic carbocycles. The van der Waals surface area contributed by atoms with Crippen LogP contribution >= 0.6 is 0 Å². The minimum atomic E-state index is -1.27. The lowest BCUT2D eigenvalue weighted by atomic mass is 9.39. The second-order valence-corrected chi connectivity index (χ2v) is 11.9. The van der Waals surface area contributed by atoms with Gasteiger partial charge >= 0.3 is 11.9 Å². The number of hydrogen-bond acceptors (Lipinski definition) is 9. The van der Waals surface area contributed by atoms with Gasteiger partial charge in [0.05, 0.1) is 41.5 Å². The van der Waals surface area contributed by atoms with Gasteiger partial charge in [-0.1, -0.05) is 6.92 Å². The predicted molar refractivity (Wildman–Crippen MR) is 116 cm³/mol. The number of ketones is 1. The molecule has 0 amide bonds. The Morgan fingerprint density at radius 1 is 1.06 bits per heavy atom. The molecule has 1 saturated carbocycles. The van der Waals surface area contributed by atoms with Crippen molar-refractivity contribution in [2.45, 2.75) is 76.5 Å². The summed E-state index contributed by atoms with van der Waals surface area (Å²) in [4.78, 5) is 39.7. The Labute approximate surface area is 201 Å². The van der Waals surface area contributed by atoms with Crippen LogP contribution in [0.25, 0.3) is 0 Å². The number of epoxide rings is 1. The third-order valence-corrected chi connectivity index (χ3v) is 10.2. The number of ether oxygens (including phenoxy) is 4. The molecule has 1 aromatic rings. The van der Waals surface area contributed by atoms with Crippen molar-refractivity contribution < 1.29 is 42.9 Å². The van der Waals surface area contributed by atoms with E-state index in [1.165, 1.54) is 6.26 Å². The van der Waals surface area contributed by atoms with Crippen molar-refractivity contribution in [3.8, 4) is 0 Å². The average Bonchev–Trinajstić information content (AvgIpc) is 3.26. The number of esters is 2. The van der Waals surface area contributed by atoms with E-state index in [0.29, 0.717) is 24.0 Å². The SMILES string of the molecule is CC1(C)O[C@@H]2CC(=O)OC[C@]23C1=C(O)C(=O)[C@]1(C)[C@@H]3CC[C@@]2(C)[C@H](c3ccoc3)OC(=O)[C@@H]3O[C@@]321. The summed E-state index contributed by atoms with van der Waals surface area (Å²) in [5.74, 6) is -2.07. The largest absolute Gasteiger partial charge is 0.504 e. The molecular formula is C26H28O9. The molecule has 8 atom stereocenters. The minimum Gasteiger partial charge on any atom is -0.504 e. The number of allylic oxidation sites excluding steroid dienone is 1. The number of carbonyl (C=O) groups is 3. The van der Waals surface area contributed by atoms with Crippen molar-refractivity contribution in [2.75, 3.05) is 6.61 Å². The minimum absolute atomic E-state index is 0.0138. The standard InChI is InChI=1S/C26H28O9/c1-22(2)17-16(28)18(29)24(4)13(25(17)11-32-15(27)9-14(25)34-22)5-7-23(3)19(12-6-8-31-10-12)33-21(30)20-26(23,24)35-20/h6,8,10,13-14,19-20,28H,5,7,9,11H2,1-4H3/t13-,14+,19-,20-,23-,24-,25+,26-/m0/s1. The molecule has 0 radical (unpaired) electrons. The topological polar surface area (TPSA) is 125 Å². The number of fused-ring (bicyclic) bond motifs is 1. The van der Waals surface area contributed by atoms with Crippen LogP contribution in [0.15, 0.2) is 34.3 Å². The maximum absolute atomic E-state index is 14.3. The lowest BCUT2D eigenvalue weighted by Crippen LogP contribution is -2.71. The summed E-state index contributed by atoms with van der Waals surface area (Å²) in [5.41, 5.74) is -3.85. The lowest BCUT2D eigenvalue weighted by Gasteiger charge is -2.63. The van der Waals surface area contributed by atoms with E-state index in [1.807, 2.05) is 27.7 Å². The highest BCUT2D eigenvalue weighted by atomic mass is 16.7. The van der Waals surface area contributed by atoms with Gasteiger partial charge in [-0.3, -0.25) is 9.59 Å². The van der Waals surface area contributed by atoms with Crippen LogP contribution in [0.4, 0.5) is 0 Å². The van der Waals surface area contributed by atoms with Gasteiger partial charge in [-0.2, -0.15) is 0 Å². The van der Waals surface area contributed by atoms with E-state index in [-0.39, 0.29) is 30.7 Å². The first-order chi connectivity index (χ1) is 16.4. The van der Waals surface area contributed by atoms with Gasteiger partial charge < -0.3 is 28.5 Å². The summed E-state index contributed by atoms with van der Waals surface area (Å²) in [6.45, 7) is 7.44. The van der Waals surface area contributed by atoms with Crippen LogP contribution in [0, 0.1) is 22.2 Å². The normalized spacial score (nSPS) is 49.2. The summed E-state index contributed by atoms with van der Waals surface area (Å²) in [5, 5.41) is 11.5. The fourth-order valence-electron chi connectivity index (χ4n) is 8.96. The molecule has 0 bridgehead atoms. The van der Waals surface area contributed by atoms with Crippen molar-refractivity contribution in [3.63, 3.8) is 0 Å². The maximum atomic E-state index is 14.3. The number of hydrogen-bond donors (Lipinski definition) is 1.